The minimum atomic E-state index is -0.574. The second-order valence-electron chi connectivity index (χ2n) is 5.85. The van der Waals surface area contributed by atoms with E-state index in [1.807, 2.05) is 24.3 Å². The number of ether oxygens (including phenoxy) is 1. The maximum Gasteiger partial charge on any atom is 0.417 e. The molecule has 0 unspecified atom stereocenters. The van der Waals surface area contributed by atoms with Gasteiger partial charge in [0.1, 0.15) is 0 Å². The van der Waals surface area contributed by atoms with E-state index in [0.717, 1.165) is 14.9 Å². The average molecular weight is 381 g/mol. The summed E-state index contributed by atoms with van der Waals surface area (Å²) >= 11 is 3.38. The van der Waals surface area contributed by atoms with Crippen molar-refractivity contribution >= 4 is 33.8 Å². The van der Waals surface area contributed by atoms with E-state index in [1.165, 1.54) is 0 Å². The molecular weight excluding hydrogens is 364 g/mol. The lowest BCUT2D eigenvalue weighted by atomic mass is 9.98. The largest absolute Gasteiger partial charge is 0.439 e. The summed E-state index contributed by atoms with van der Waals surface area (Å²) in [6, 6.07) is 7.93. The van der Waals surface area contributed by atoms with Crippen LogP contribution in [0, 0.1) is 5.92 Å². The summed E-state index contributed by atoms with van der Waals surface area (Å²) in [5.41, 5.74) is 1.13. The molecule has 122 valence electrons. The Labute approximate surface area is 142 Å². The zero-order chi connectivity index (χ0) is 16.4. The topological polar surface area (TPSA) is 66.9 Å². The summed E-state index contributed by atoms with van der Waals surface area (Å²) in [7, 11) is 0. The fourth-order valence-electron chi connectivity index (χ4n) is 2.77. The van der Waals surface area contributed by atoms with Gasteiger partial charge in [0.05, 0.1) is 0 Å². The van der Waals surface area contributed by atoms with Gasteiger partial charge in [-0.05, 0) is 24.1 Å². The zero-order valence-electron chi connectivity index (χ0n) is 12.5. The molecule has 2 saturated heterocycles. The van der Waals surface area contributed by atoms with Crippen molar-refractivity contribution < 1.29 is 19.1 Å². The predicted octanol–water partition coefficient (Wildman–Crippen LogP) is 1.82. The molecule has 0 atom stereocenters. The SMILES string of the molecule is O=C(CCc1ccc(Br)cc1)N1CC(CN2C(=O)COC2=O)C1. The van der Waals surface area contributed by atoms with E-state index in [1.54, 1.807) is 4.90 Å². The Morgan fingerprint density at radius 1 is 1.22 bits per heavy atom. The van der Waals surface area contributed by atoms with Crippen LogP contribution in [0.15, 0.2) is 28.7 Å². The number of rotatable bonds is 5. The fourth-order valence-corrected chi connectivity index (χ4v) is 3.03. The number of halogens is 1. The highest BCUT2D eigenvalue weighted by atomic mass is 79.9. The number of carbonyl (C=O) groups is 3. The first-order valence-electron chi connectivity index (χ1n) is 7.52. The molecule has 3 rings (SSSR count). The molecular formula is C16H17BrN2O4. The number of carbonyl (C=O) groups excluding carboxylic acids is 3. The molecule has 1 aromatic rings. The second kappa shape index (κ2) is 6.70. The van der Waals surface area contributed by atoms with Gasteiger partial charge in [-0.1, -0.05) is 28.1 Å². The summed E-state index contributed by atoms with van der Waals surface area (Å²) in [6.45, 7) is 1.36. The van der Waals surface area contributed by atoms with Crippen LogP contribution in [0.2, 0.25) is 0 Å². The molecule has 0 spiro atoms. The van der Waals surface area contributed by atoms with E-state index in [0.29, 0.717) is 32.5 Å². The number of nitrogens with zero attached hydrogens (tertiary/aromatic N) is 2. The quantitative estimate of drug-likeness (QED) is 0.781. The first-order valence-corrected chi connectivity index (χ1v) is 8.31. The summed E-state index contributed by atoms with van der Waals surface area (Å²) in [4.78, 5) is 37.8. The molecule has 0 saturated carbocycles. The smallest absolute Gasteiger partial charge is 0.417 e. The molecule has 1 aromatic carbocycles. The highest BCUT2D eigenvalue weighted by Gasteiger charge is 2.37. The molecule has 2 fully saturated rings. The Morgan fingerprint density at radius 2 is 1.91 bits per heavy atom. The molecule has 3 amide bonds. The minimum absolute atomic E-state index is 0.111. The predicted molar refractivity (Wildman–Crippen MR) is 85.6 cm³/mol. The van der Waals surface area contributed by atoms with E-state index in [9.17, 15) is 14.4 Å². The Bertz CT molecular complexity index is 609. The van der Waals surface area contributed by atoms with E-state index in [4.69, 9.17) is 0 Å². The van der Waals surface area contributed by atoms with Crippen molar-refractivity contribution in [3.8, 4) is 0 Å². The molecule has 0 radical (unpaired) electrons. The number of imide groups is 1. The lowest BCUT2D eigenvalue weighted by Crippen LogP contribution is -2.54. The first kappa shape index (κ1) is 16.0. The van der Waals surface area contributed by atoms with E-state index in [-0.39, 0.29) is 24.3 Å². The van der Waals surface area contributed by atoms with Crippen LogP contribution in [0.25, 0.3) is 0 Å². The summed E-state index contributed by atoms with van der Waals surface area (Å²) in [5.74, 6) is -0.0317. The van der Waals surface area contributed by atoms with Crippen LogP contribution in [0.3, 0.4) is 0 Å². The molecule has 0 aromatic heterocycles. The van der Waals surface area contributed by atoms with E-state index >= 15 is 0 Å². The lowest BCUT2D eigenvalue weighted by Gasteiger charge is -2.40. The van der Waals surface area contributed by atoms with Crippen molar-refractivity contribution in [1.29, 1.82) is 0 Å². The van der Waals surface area contributed by atoms with Crippen LogP contribution in [0.4, 0.5) is 4.79 Å². The molecule has 0 aliphatic carbocycles. The Hall–Kier alpha value is -1.89. The van der Waals surface area contributed by atoms with Crippen molar-refractivity contribution in [1.82, 2.24) is 9.80 Å². The lowest BCUT2D eigenvalue weighted by molar-refractivity contribution is -0.138. The van der Waals surface area contributed by atoms with Crippen LogP contribution in [-0.4, -0.2) is 53.9 Å². The molecule has 0 N–H and O–H groups in total. The van der Waals surface area contributed by atoms with Gasteiger partial charge in [0.25, 0.3) is 5.91 Å². The zero-order valence-corrected chi connectivity index (χ0v) is 14.1. The average Bonchev–Trinajstić information content (AvgIpc) is 2.81. The summed E-state index contributed by atoms with van der Waals surface area (Å²) in [6.07, 6.45) is 0.610. The number of hydrogen-bond donors (Lipinski definition) is 0. The van der Waals surface area contributed by atoms with Gasteiger partial charge in [-0.2, -0.15) is 0 Å². The molecule has 23 heavy (non-hydrogen) atoms. The van der Waals surface area contributed by atoms with Gasteiger partial charge in [-0.15, -0.1) is 0 Å². The normalized spacial score (nSPS) is 18.1. The van der Waals surface area contributed by atoms with Crippen molar-refractivity contribution in [2.75, 3.05) is 26.2 Å². The highest BCUT2D eigenvalue weighted by molar-refractivity contribution is 9.10. The molecule has 0 bridgehead atoms. The number of aryl methyl sites for hydroxylation is 1. The van der Waals surface area contributed by atoms with Crippen molar-refractivity contribution in [2.45, 2.75) is 12.8 Å². The summed E-state index contributed by atoms with van der Waals surface area (Å²) < 4.78 is 5.69. The van der Waals surface area contributed by atoms with Crippen LogP contribution in [0.1, 0.15) is 12.0 Å². The van der Waals surface area contributed by atoms with Crippen molar-refractivity contribution in [3.05, 3.63) is 34.3 Å². The molecule has 7 heteroatoms. The summed E-state index contributed by atoms with van der Waals surface area (Å²) in [5, 5.41) is 0. The molecule has 2 heterocycles. The maximum absolute atomic E-state index is 12.1. The Morgan fingerprint density at radius 3 is 2.52 bits per heavy atom. The van der Waals surface area contributed by atoms with Gasteiger partial charge in [0, 0.05) is 36.4 Å². The van der Waals surface area contributed by atoms with Crippen LogP contribution in [-0.2, 0) is 20.7 Å². The van der Waals surface area contributed by atoms with Crippen LogP contribution >= 0.6 is 15.9 Å². The number of amides is 3. The minimum Gasteiger partial charge on any atom is -0.439 e. The molecule has 2 aliphatic heterocycles. The number of hydrogen-bond acceptors (Lipinski definition) is 4. The second-order valence-corrected chi connectivity index (χ2v) is 6.77. The van der Waals surface area contributed by atoms with Crippen LogP contribution in [0.5, 0.6) is 0 Å². The third-order valence-corrected chi connectivity index (χ3v) is 4.66. The van der Waals surface area contributed by atoms with E-state index in [2.05, 4.69) is 20.7 Å². The van der Waals surface area contributed by atoms with Crippen LogP contribution < -0.4 is 0 Å². The van der Waals surface area contributed by atoms with Gasteiger partial charge in [0.15, 0.2) is 6.61 Å². The van der Waals surface area contributed by atoms with Gasteiger partial charge in [0.2, 0.25) is 5.91 Å². The third-order valence-electron chi connectivity index (χ3n) is 4.13. The molecule has 6 nitrogen and oxygen atoms in total. The van der Waals surface area contributed by atoms with Gasteiger partial charge >= 0.3 is 6.09 Å². The number of cyclic esters (lactones) is 1. The highest BCUT2D eigenvalue weighted by Crippen LogP contribution is 2.21. The maximum atomic E-state index is 12.1. The van der Waals surface area contributed by atoms with Crippen molar-refractivity contribution in [2.24, 2.45) is 5.92 Å². The van der Waals surface area contributed by atoms with Crippen molar-refractivity contribution in [3.63, 3.8) is 0 Å². The van der Waals surface area contributed by atoms with Gasteiger partial charge < -0.3 is 9.64 Å². The Kier molecular flexibility index (Phi) is 4.66. The first-order chi connectivity index (χ1) is 11.0. The third kappa shape index (κ3) is 3.72. The number of benzene rings is 1. The molecule has 2 aliphatic rings. The fraction of sp³-hybridized carbons (Fsp3) is 0.438. The van der Waals surface area contributed by atoms with Gasteiger partial charge in [-0.3, -0.25) is 9.59 Å². The Balaban J connectivity index is 1.40. The standard InChI is InChI=1S/C16H17BrN2O4/c17-13-4-1-11(2-5-13)3-6-14(20)18-7-12(8-18)9-19-15(21)10-23-16(19)22/h1-2,4-5,12H,3,6-10H2. The van der Waals surface area contributed by atoms with E-state index < -0.39 is 6.09 Å². The number of likely N-dealkylation sites (tertiary alicyclic amines) is 1. The monoisotopic (exact) mass is 380 g/mol. The van der Waals surface area contributed by atoms with Gasteiger partial charge in [-0.25, -0.2) is 9.69 Å².